The minimum absolute atomic E-state index is 0.222. The highest BCUT2D eigenvalue weighted by Crippen LogP contribution is 2.25. The van der Waals surface area contributed by atoms with Gasteiger partial charge in [0, 0.05) is 4.90 Å². The van der Waals surface area contributed by atoms with Gasteiger partial charge in [0.2, 0.25) is 0 Å². The molecule has 1 N–H and O–H groups in total. The molecule has 6 heteroatoms. The van der Waals surface area contributed by atoms with Gasteiger partial charge in [0.15, 0.2) is 0 Å². The Balaban J connectivity index is 2.00. The van der Waals surface area contributed by atoms with Gasteiger partial charge in [0.05, 0.1) is 11.9 Å². The van der Waals surface area contributed by atoms with Crippen molar-refractivity contribution in [2.45, 2.75) is 10.6 Å². The number of aromatic nitrogens is 1. The Labute approximate surface area is 105 Å². The van der Waals surface area contributed by atoms with E-state index in [1.807, 2.05) is 0 Å². The first kappa shape index (κ1) is 12.1. The van der Waals surface area contributed by atoms with Gasteiger partial charge in [-0.2, -0.15) is 0 Å². The Hall–Kier alpha value is -1.40. The molecule has 0 fully saturated rings. The van der Waals surface area contributed by atoms with Crippen LogP contribution in [0.5, 0.6) is 0 Å². The minimum atomic E-state index is -0.968. The molecule has 0 saturated carbocycles. The second-order valence-corrected chi connectivity index (χ2v) is 5.33. The maximum absolute atomic E-state index is 12.9. The topological polar surface area (TPSA) is 50.2 Å². The fourth-order valence-corrected chi connectivity index (χ4v) is 2.88. The Morgan fingerprint density at radius 3 is 3.00 bits per heavy atom. The lowest BCUT2D eigenvalue weighted by molar-refractivity contribution is 0.0702. The molecule has 2 rings (SSSR count). The highest BCUT2D eigenvalue weighted by Gasteiger charge is 2.08. The van der Waals surface area contributed by atoms with Gasteiger partial charge in [-0.05, 0) is 18.2 Å². The van der Waals surface area contributed by atoms with Crippen LogP contribution in [0.3, 0.4) is 0 Å². The van der Waals surface area contributed by atoms with Crippen LogP contribution >= 0.6 is 23.1 Å². The van der Waals surface area contributed by atoms with Crippen molar-refractivity contribution in [3.8, 4) is 0 Å². The van der Waals surface area contributed by atoms with Crippen LogP contribution in [-0.2, 0) is 5.75 Å². The van der Waals surface area contributed by atoms with Crippen LogP contribution in [0.2, 0.25) is 0 Å². The average Bonchev–Trinajstić information content (AvgIpc) is 2.75. The number of rotatable bonds is 4. The zero-order chi connectivity index (χ0) is 12.3. The number of hydrogen-bond donors (Lipinski definition) is 1. The van der Waals surface area contributed by atoms with Crippen molar-refractivity contribution in [3.63, 3.8) is 0 Å². The second kappa shape index (κ2) is 5.29. The van der Waals surface area contributed by atoms with Gasteiger partial charge < -0.3 is 5.11 Å². The van der Waals surface area contributed by atoms with Crippen LogP contribution in [0.1, 0.15) is 14.7 Å². The van der Waals surface area contributed by atoms with Crippen molar-refractivity contribution in [2.24, 2.45) is 0 Å². The summed E-state index contributed by atoms with van der Waals surface area (Å²) in [5.74, 6) is -0.702. The van der Waals surface area contributed by atoms with Gasteiger partial charge in [-0.15, -0.1) is 23.1 Å². The molecule has 0 aliphatic carbocycles. The number of nitrogens with zero attached hydrogens (tertiary/aromatic N) is 1. The highest BCUT2D eigenvalue weighted by atomic mass is 32.2. The summed E-state index contributed by atoms with van der Waals surface area (Å²) in [5, 5.41) is 9.45. The minimum Gasteiger partial charge on any atom is -0.477 e. The molecular weight excluding hydrogens is 261 g/mol. The number of carbonyl (C=O) groups is 1. The summed E-state index contributed by atoms with van der Waals surface area (Å²) in [7, 11) is 0. The van der Waals surface area contributed by atoms with Crippen LogP contribution in [0, 0.1) is 5.82 Å². The summed E-state index contributed by atoms with van der Waals surface area (Å²) in [5.41, 5.74) is 0. The summed E-state index contributed by atoms with van der Waals surface area (Å²) in [6.07, 6.45) is 1.34. The molecule has 2 aromatic rings. The molecule has 1 heterocycles. The first-order chi connectivity index (χ1) is 8.15. The molecule has 0 atom stereocenters. The third kappa shape index (κ3) is 3.28. The molecule has 0 aliphatic heterocycles. The zero-order valence-electron chi connectivity index (χ0n) is 8.59. The smallest absolute Gasteiger partial charge is 0.347 e. The molecule has 1 aromatic heterocycles. The fourth-order valence-electron chi connectivity index (χ4n) is 1.18. The standard InChI is InChI=1S/C11H8FNO2S2/c12-7-2-1-3-8(4-7)16-6-10-13-5-9(17-10)11(14)15/h1-5H,6H2,(H,14,15). The van der Waals surface area contributed by atoms with Crippen molar-refractivity contribution in [1.29, 1.82) is 0 Å². The average molecular weight is 269 g/mol. The van der Waals surface area contributed by atoms with Crippen molar-refractivity contribution < 1.29 is 14.3 Å². The maximum atomic E-state index is 12.9. The van der Waals surface area contributed by atoms with E-state index >= 15 is 0 Å². The molecule has 0 saturated heterocycles. The number of benzene rings is 1. The van der Waals surface area contributed by atoms with Crippen molar-refractivity contribution in [2.75, 3.05) is 0 Å². The van der Waals surface area contributed by atoms with E-state index in [1.165, 1.54) is 30.1 Å². The van der Waals surface area contributed by atoms with Crippen LogP contribution < -0.4 is 0 Å². The van der Waals surface area contributed by atoms with E-state index in [0.29, 0.717) is 5.75 Å². The highest BCUT2D eigenvalue weighted by molar-refractivity contribution is 7.98. The lowest BCUT2D eigenvalue weighted by Crippen LogP contribution is -1.89. The van der Waals surface area contributed by atoms with Crippen LogP contribution in [0.25, 0.3) is 0 Å². The Morgan fingerprint density at radius 2 is 2.35 bits per heavy atom. The van der Waals surface area contributed by atoms with Gasteiger partial charge in [-0.3, -0.25) is 0 Å². The summed E-state index contributed by atoms with van der Waals surface area (Å²) >= 11 is 2.57. The molecule has 0 spiro atoms. The van der Waals surface area contributed by atoms with Gasteiger partial charge in [-0.25, -0.2) is 14.2 Å². The van der Waals surface area contributed by atoms with E-state index in [4.69, 9.17) is 5.11 Å². The molecule has 0 amide bonds. The summed E-state index contributed by atoms with van der Waals surface area (Å²) in [6, 6.07) is 6.27. The summed E-state index contributed by atoms with van der Waals surface area (Å²) < 4.78 is 12.9. The SMILES string of the molecule is O=C(O)c1cnc(CSc2cccc(F)c2)s1. The van der Waals surface area contributed by atoms with Gasteiger partial charge >= 0.3 is 5.97 Å². The molecule has 3 nitrogen and oxygen atoms in total. The van der Waals surface area contributed by atoms with Crippen molar-refractivity contribution in [1.82, 2.24) is 4.98 Å². The van der Waals surface area contributed by atoms with Crippen LogP contribution in [-0.4, -0.2) is 16.1 Å². The van der Waals surface area contributed by atoms with E-state index in [-0.39, 0.29) is 10.7 Å². The number of carboxylic acid groups (broad SMARTS) is 1. The third-order valence-corrected chi connectivity index (χ3v) is 4.10. The van der Waals surface area contributed by atoms with Crippen LogP contribution in [0.15, 0.2) is 35.4 Å². The molecule has 17 heavy (non-hydrogen) atoms. The zero-order valence-corrected chi connectivity index (χ0v) is 10.2. The Morgan fingerprint density at radius 1 is 1.53 bits per heavy atom. The molecule has 0 bridgehead atoms. The lowest BCUT2D eigenvalue weighted by atomic mass is 10.4. The summed E-state index contributed by atoms with van der Waals surface area (Å²) in [4.78, 5) is 15.7. The third-order valence-electron chi connectivity index (χ3n) is 1.92. The fraction of sp³-hybridized carbons (Fsp3) is 0.0909. The maximum Gasteiger partial charge on any atom is 0.347 e. The second-order valence-electron chi connectivity index (χ2n) is 3.17. The van der Waals surface area contributed by atoms with E-state index in [0.717, 1.165) is 21.2 Å². The number of halogens is 1. The van der Waals surface area contributed by atoms with Gasteiger partial charge in [-0.1, -0.05) is 6.07 Å². The molecular formula is C11H8FNO2S2. The largest absolute Gasteiger partial charge is 0.477 e. The number of carboxylic acids is 1. The predicted molar refractivity (Wildman–Crippen MR) is 65.0 cm³/mol. The molecule has 88 valence electrons. The predicted octanol–water partition coefficient (Wildman–Crippen LogP) is 3.27. The lowest BCUT2D eigenvalue weighted by Gasteiger charge is -1.98. The van der Waals surface area contributed by atoms with E-state index in [9.17, 15) is 9.18 Å². The summed E-state index contributed by atoms with van der Waals surface area (Å²) in [6.45, 7) is 0. The first-order valence-electron chi connectivity index (χ1n) is 4.71. The van der Waals surface area contributed by atoms with E-state index in [2.05, 4.69) is 4.98 Å². The number of thioether (sulfide) groups is 1. The van der Waals surface area contributed by atoms with E-state index in [1.54, 1.807) is 12.1 Å². The quantitative estimate of drug-likeness (QED) is 0.865. The molecule has 1 aromatic carbocycles. The van der Waals surface area contributed by atoms with Crippen molar-refractivity contribution in [3.05, 3.63) is 46.2 Å². The van der Waals surface area contributed by atoms with Crippen LogP contribution in [0.4, 0.5) is 4.39 Å². The molecule has 0 aliphatic rings. The van der Waals surface area contributed by atoms with Crippen molar-refractivity contribution >= 4 is 29.1 Å². The van der Waals surface area contributed by atoms with E-state index < -0.39 is 5.97 Å². The molecule has 0 unspecified atom stereocenters. The number of hydrogen-bond acceptors (Lipinski definition) is 4. The Kier molecular flexibility index (Phi) is 3.75. The normalized spacial score (nSPS) is 10.4. The Bertz CT molecular complexity index is 542. The first-order valence-corrected chi connectivity index (χ1v) is 6.52. The number of aromatic carboxylic acids is 1. The molecule has 0 radical (unpaired) electrons. The number of thiazole rings is 1. The van der Waals surface area contributed by atoms with Gasteiger partial charge in [0.25, 0.3) is 0 Å². The van der Waals surface area contributed by atoms with Gasteiger partial charge in [0.1, 0.15) is 15.7 Å². The monoisotopic (exact) mass is 269 g/mol.